The van der Waals surface area contributed by atoms with Gasteiger partial charge in [0, 0.05) is 12.4 Å². The van der Waals surface area contributed by atoms with Crippen molar-refractivity contribution in [1.29, 1.82) is 0 Å². The molecule has 0 saturated carbocycles. The molecule has 0 atom stereocenters. The second-order valence-electron chi connectivity index (χ2n) is 2.01. The van der Waals surface area contributed by atoms with E-state index in [1.165, 1.54) is 0 Å². The molecule has 0 aliphatic heterocycles. The van der Waals surface area contributed by atoms with Crippen molar-refractivity contribution in [2.24, 2.45) is 0 Å². The van der Waals surface area contributed by atoms with Gasteiger partial charge in [0.05, 0.1) is 0 Å². The second-order valence-corrected chi connectivity index (χ2v) is 4.83. The third kappa shape index (κ3) is 4.32. The number of nitrogens with zero attached hydrogens (tertiary/aromatic N) is 2. The van der Waals surface area contributed by atoms with Crippen LogP contribution in [0.2, 0.25) is 10.6 Å². The molecule has 2 rings (SSSR count). The lowest BCUT2D eigenvalue weighted by Crippen LogP contribution is -1.69. The number of aromatic nitrogens is 4. The zero-order chi connectivity index (χ0) is 10.6. The van der Waals surface area contributed by atoms with Crippen molar-refractivity contribution in [1.82, 2.24) is 19.9 Å². The normalized spacial score (nSPS) is 9.43. The molecule has 76 valence electrons. The van der Waals surface area contributed by atoms with Gasteiger partial charge in [-0.3, -0.25) is 0 Å². The summed E-state index contributed by atoms with van der Waals surface area (Å²) in [5.74, 6) is 0. The van der Waals surface area contributed by atoms with Gasteiger partial charge in [0.1, 0.15) is 7.40 Å². The van der Waals surface area contributed by atoms with Crippen molar-refractivity contribution in [3.63, 3.8) is 0 Å². The first-order valence-electron chi connectivity index (χ1n) is 3.31. The van der Waals surface area contributed by atoms with Gasteiger partial charge in [0.25, 0.3) is 0 Å². The molecule has 0 aromatic carbocycles. The fourth-order valence-corrected chi connectivity index (χ4v) is 1.90. The van der Waals surface area contributed by atoms with E-state index in [2.05, 4.69) is 65.1 Å². The maximum absolute atomic E-state index is 5.49. The standard InChI is InChI=1S/C3HClI2N2.C3H3ClN2/c4-3-7-1(5)2(6)8-3;4-3-5-1-2-6-3/h(H,7,8);1-2H,(H,5,6). The van der Waals surface area contributed by atoms with E-state index in [0.717, 1.165) is 7.40 Å². The van der Waals surface area contributed by atoms with Crippen LogP contribution in [0.5, 0.6) is 0 Å². The van der Waals surface area contributed by atoms with Crippen molar-refractivity contribution < 1.29 is 0 Å². The molecule has 0 aliphatic carbocycles. The molecule has 0 fully saturated rings. The number of H-pyrrole nitrogens is 2. The fourth-order valence-electron chi connectivity index (χ4n) is 0.551. The van der Waals surface area contributed by atoms with Gasteiger partial charge in [-0.1, -0.05) is 0 Å². The van der Waals surface area contributed by atoms with E-state index in [1.807, 2.05) is 0 Å². The Labute approximate surface area is 117 Å². The molecule has 0 spiro atoms. The number of imidazole rings is 2. The highest BCUT2D eigenvalue weighted by Gasteiger charge is 1.99. The molecule has 2 aromatic heterocycles. The molecular formula is C6H4Cl2I2N4. The monoisotopic (exact) mass is 456 g/mol. The number of halogens is 4. The summed E-state index contributed by atoms with van der Waals surface area (Å²) in [4.78, 5) is 13.0. The first-order valence-corrected chi connectivity index (χ1v) is 6.22. The Bertz CT molecular complexity index is 367. The lowest BCUT2D eigenvalue weighted by molar-refractivity contribution is 1.29. The summed E-state index contributed by atoms with van der Waals surface area (Å²) in [5.41, 5.74) is 0. The maximum atomic E-state index is 5.49. The van der Waals surface area contributed by atoms with Crippen LogP contribution in [-0.2, 0) is 0 Å². The van der Waals surface area contributed by atoms with Gasteiger partial charge in [-0.2, -0.15) is 0 Å². The minimum absolute atomic E-state index is 0.440. The van der Waals surface area contributed by atoms with E-state index in [9.17, 15) is 0 Å². The van der Waals surface area contributed by atoms with Crippen LogP contribution in [-0.4, -0.2) is 19.9 Å². The van der Waals surface area contributed by atoms with Gasteiger partial charge in [-0.15, -0.1) is 0 Å². The third-order valence-electron chi connectivity index (χ3n) is 1.06. The Balaban J connectivity index is 0.000000146. The lowest BCUT2D eigenvalue weighted by atomic mass is 11.0. The molecular weight excluding hydrogens is 453 g/mol. The van der Waals surface area contributed by atoms with E-state index in [0.29, 0.717) is 10.6 Å². The van der Waals surface area contributed by atoms with Crippen LogP contribution in [0.15, 0.2) is 12.4 Å². The highest BCUT2D eigenvalue weighted by atomic mass is 127. The van der Waals surface area contributed by atoms with Gasteiger partial charge >= 0.3 is 0 Å². The minimum atomic E-state index is 0.440. The van der Waals surface area contributed by atoms with Crippen molar-refractivity contribution in [3.05, 3.63) is 30.4 Å². The van der Waals surface area contributed by atoms with E-state index < -0.39 is 0 Å². The molecule has 0 bridgehead atoms. The molecule has 0 radical (unpaired) electrons. The third-order valence-corrected chi connectivity index (χ3v) is 4.03. The van der Waals surface area contributed by atoms with Gasteiger partial charge in [-0.05, 0) is 68.4 Å². The zero-order valence-electron chi connectivity index (χ0n) is 6.56. The van der Waals surface area contributed by atoms with Gasteiger partial charge in [0.2, 0.25) is 5.28 Å². The Morgan fingerprint density at radius 1 is 1.21 bits per heavy atom. The average molecular weight is 457 g/mol. The number of aromatic amines is 2. The van der Waals surface area contributed by atoms with E-state index >= 15 is 0 Å². The van der Waals surface area contributed by atoms with Gasteiger partial charge in [-0.25, -0.2) is 9.97 Å². The largest absolute Gasteiger partial charge is 0.335 e. The Morgan fingerprint density at radius 3 is 2.07 bits per heavy atom. The zero-order valence-corrected chi connectivity index (χ0v) is 12.4. The Kier molecular flexibility index (Phi) is 5.49. The molecule has 2 aromatic rings. The highest BCUT2D eigenvalue weighted by Crippen LogP contribution is 2.13. The summed E-state index contributed by atoms with van der Waals surface area (Å²) in [6.45, 7) is 0. The molecule has 0 saturated heterocycles. The number of hydrogen-bond acceptors (Lipinski definition) is 2. The van der Waals surface area contributed by atoms with Crippen LogP contribution in [0, 0.1) is 7.40 Å². The molecule has 2 heterocycles. The Hall–Kier alpha value is 0.460. The summed E-state index contributed by atoms with van der Waals surface area (Å²) < 4.78 is 1.92. The molecule has 0 unspecified atom stereocenters. The summed E-state index contributed by atoms with van der Waals surface area (Å²) in [6, 6.07) is 0. The predicted octanol–water partition coefficient (Wildman–Crippen LogP) is 3.34. The predicted molar refractivity (Wildman–Crippen MR) is 72.6 cm³/mol. The van der Waals surface area contributed by atoms with Crippen molar-refractivity contribution >= 4 is 68.4 Å². The lowest BCUT2D eigenvalue weighted by Gasteiger charge is -1.74. The van der Waals surface area contributed by atoms with E-state index in [-0.39, 0.29) is 0 Å². The molecule has 0 amide bonds. The van der Waals surface area contributed by atoms with Crippen LogP contribution in [0.4, 0.5) is 0 Å². The average Bonchev–Trinajstić information content (AvgIpc) is 2.65. The van der Waals surface area contributed by atoms with Crippen molar-refractivity contribution in [3.8, 4) is 0 Å². The molecule has 2 N–H and O–H groups in total. The summed E-state index contributed by atoms with van der Waals surface area (Å²) in [7, 11) is 0. The number of rotatable bonds is 0. The molecule has 4 nitrogen and oxygen atoms in total. The van der Waals surface area contributed by atoms with Crippen molar-refractivity contribution in [2.75, 3.05) is 0 Å². The van der Waals surface area contributed by atoms with E-state index in [1.54, 1.807) is 12.4 Å². The van der Waals surface area contributed by atoms with Crippen molar-refractivity contribution in [2.45, 2.75) is 0 Å². The molecule has 8 heteroatoms. The summed E-state index contributed by atoms with van der Waals surface area (Å²) >= 11 is 15.0. The molecule has 0 aliphatic rings. The second kappa shape index (κ2) is 6.13. The number of nitrogens with one attached hydrogen (secondary N) is 2. The summed E-state index contributed by atoms with van der Waals surface area (Å²) in [6.07, 6.45) is 3.27. The minimum Gasteiger partial charge on any atom is -0.335 e. The highest BCUT2D eigenvalue weighted by molar-refractivity contribution is 14.1. The van der Waals surface area contributed by atoms with Gasteiger partial charge in [0.15, 0.2) is 5.28 Å². The van der Waals surface area contributed by atoms with Crippen LogP contribution < -0.4 is 0 Å². The summed E-state index contributed by atoms with van der Waals surface area (Å²) in [5, 5.41) is 0.897. The fraction of sp³-hybridized carbons (Fsp3) is 0. The Morgan fingerprint density at radius 2 is 1.93 bits per heavy atom. The maximum Gasteiger partial charge on any atom is 0.201 e. The molecule has 14 heavy (non-hydrogen) atoms. The van der Waals surface area contributed by atoms with Gasteiger partial charge < -0.3 is 9.97 Å². The first-order chi connectivity index (χ1) is 6.59. The quantitative estimate of drug-likeness (QED) is 0.597. The van der Waals surface area contributed by atoms with E-state index in [4.69, 9.17) is 23.2 Å². The number of hydrogen-bond donors (Lipinski definition) is 2. The first kappa shape index (κ1) is 12.5. The SMILES string of the molecule is Clc1nc(I)c(I)[nH]1.Clc1ncc[nH]1. The van der Waals surface area contributed by atoms with Crippen LogP contribution in [0.1, 0.15) is 0 Å². The van der Waals surface area contributed by atoms with Crippen LogP contribution >= 0.6 is 68.4 Å². The van der Waals surface area contributed by atoms with Crippen LogP contribution in [0.25, 0.3) is 0 Å². The van der Waals surface area contributed by atoms with Crippen LogP contribution in [0.3, 0.4) is 0 Å². The topological polar surface area (TPSA) is 57.4 Å². The smallest absolute Gasteiger partial charge is 0.201 e.